The van der Waals surface area contributed by atoms with Gasteiger partial charge in [-0.15, -0.1) is 0 Å². The fourth-order valence-corrected chi connectivity index (χ4v) is 3.54. The molecule has 0 N–H and O–H groups in total. The van der Waals surface area contributed by atoms with Gasteiger partial charge in [0.15, 0.2) is 0 Å². The highest BCUT2D eigenvalue weighted by atomic mass is 16.2. The third-order valence-corrected chi connectivity index (χ3v) is 4.72. The largest absolute Gasteiger partial charge is 0.310 e. The van der Waals surface area contributed by atoms with E-state index in [2.05, 4.69) is 19.1 Å². The average molecular weight is 312 g/mol. The molecule has 1 aliphatic heterocycles. The van der Waals surface area contributed by atoms with Gasteiger partial charge in [0.05, 0.1) is 11.4 Å². The summed E-state index contributed by atoms with van der Waals surface area (Å²) >= 11 is 0. The smallest absolute Gasteiger partial charge is 0.230 e. The molecular formula is C19H24N2O2. The second-order valence-corrected chi connectivity index (χ2v) is 6.65. The minimum absolute atomic E-state index is 0.0270. The molecule has 0 aromatic heterocycles. The zero-order chi connectivity index (χ0) is 16.4. The van der Waals surface area contributed by atoms with E-state index in [0.29, 0.717) is 13.1 Å². The van der Waals surface area contributed by atoms with Crippen LogP contribution in [0.4, 0.5) is 11.4 Å². The van der Waals surface area contributed by atoms with Gasteiger partial charge < -0.3 is 9.80 Å². The van der Waals surface area contributed by atoms with Crippen LogP contribution < -0.4 is 9.80 Å². The Bertz CT molecular complexity index is 638. The predicted molar refractivity (Wildman–Crippen MR) is 92.5 cm³/mol. The van der Waals surface area contributed by atoms with Crippen LogP contribution >= 0.6 is 0 Å². The van der Waals surface area contributed by atoms with E-state index in [0.717, 1.165) is 30.6 Å². The Kier molecular flexibility index (Phi) is 4.51. The van der Waals surface area contributed by atoms with E-state index >= 15 is 0 Å². The second kappa shape index (κ2) is 6.57. The number of benzene rings is 1. The zero-order valence-corrected chi connectivity index (χ0v) is 13.9. The number of hydrogen-bond donors (Lipinski definition) is 0. The number of amides is 2. The minimum Gasteiger partial charge on any atom is -0.310 e. The van der Waals surface area contributed by atoms with Crippen LogP contribution in [-0.4, -0.2) is 24.9 Å². The molecule has 0 saturated carbocycles. The Morgan fingerprint density at radius 1 is 1.04 bits per heavy atom. The second-order valence-electron chi connectivity index (χ2n) is 6.65. The molecule has 0 fully saturated rings. The van der Waals surface area contributed by atoms with E-state index in [9.17, 15) is 9.59 Å². The molecule has 23 heavy (non-hydrogen) atoms. The van der Waals surface area contributed by atoms with Crippen molar-refractivity contribution in [2.24, 2.45) is 11.8 Å². The van der Waals surface area contributed by atoms with Gasteiger partial charge in [0.1, 0.15) is 0 Å². The van der Waals surface area contributed by atoms with Gasteiger partial charge in [0.2, 0.25) is 11.8 Å². The number of anilines is 2. The first-order valence-corrected chi connectivity index (χ1v) is 8.41. The molecule has 2 amide bonds. The summed E-state index contributed by atoms with van der Waals surface area (Å²) in [6.45, 7) is 5.01. The fraction of sp³-hybridized carbons (Fsp3) is 0.474. The summed E-state index contributed by atoms with van der Waals surface area (Å²) in [5, 5.41) is 0. The van der Waals surface area contributed by atoms with Crippen LogP contribution in [0, 0.1) is 11.8 Å². The highest BCUT2D eigenvalue weighted by molar-refractivity contribution is 6.03. The minimum atomic E-state index is 0.0270. The van der Waals surface area contributed by atoms with Gasteiger partial charge in [-0.25, -0.2) is 0 Å². The maximum Gasteiger partial charge on any atom is 0.230 e. The molecule has 1 aliphatic carbocycles. The van der Waals surface area contributed by atoms with Crippen molar-refractivity contribution in [3.63, 3.8) is 0 Å². The van der Waals surface area contributed by atoms with Gasteiger partial charge >= 0.3 is 0 Å². The summed E-state index contributed by atoms with van der Waals surface area (Å²) < 4.78 is 0. The quantitative estimate of drug-likeness (QED) is 0.746. The number of para-hydroxylation sites is 2. The lowest BCUT2D eigenvalue weighted by molar-refractivity contribution is -0.122. The maximum atomic E-state index is 13.1. The van der Waals surface area contributed by atoms with Crippen molar-refractivity contribution >= 4 is 23.2 Å². The number of allylic oxidation sites excluding steroid dienone is 2. The van der Waals surface area contributed by atoms with Crippen molar-refractivity contribution in [1.29, 1.82) is 0 Å². The van der Waals surface area contributed by atoms with E-state index in [-0.39, 0.29) is 23.7 Å². The fourth-order valence-electron chi connectivity index (χ4n) is 3.54. The van der Waals surface area contributed by atoms with Crippen molar-refractivity contribution in [1.82, 2.24) is 0 Å². The number of rotatable bonds is 1. The topological polar surface area (TPSA) is 40.6 Å². The van der Waals surface area contributed by atoms with E-state index in [1.807, 2.05) is 29.2 Å². The Hall–Kier alpha value is -2.10. The third kappa shape index (κ3) is 3.16. The van der Waals surface area contributed by atoms with Gasteiger partial charge in [0.25, 0.3) is 0 Å². The lowest BCUT2D eigenvalue weighted by Gasteiger charge is -2.29. The van der Waals surface area contributed by atoms with Crippen LogP contribution in [0.25, 0.3) is 0 Å². The van der Waals surface area contributed by atoms with Crippen molar-refractivity contribution in [3.8, 4) is 0 Å². The van der Waals surface area contributed by atoms with Crippen LogP contribution in [0.1, 0.15) is 33.1 Å². The molecule has 1 aromatic rings. The van der Waals surface area contributed by atoms with Crippen LogP contribution in [-0.2, 0) is 9.59 Å². The molecule has 1 aromatic carbocycles. The third-order valence-electron chi connectivity index (χ3n) is 4.72. The van der Waals surface area contributed by atoms with Crippen molar-refractivity contribution in [3.05, 3.63) is 36.4 Å². The molecule has 2 atom stereocenters. The summed E-state index contributed by atoms with van der Waals surface area (Å²) in [5.41, 5.74) is 1.72. The van der Waals surface area contributed by atoms with E-state index in [1.165, 1.54) is 0 Å². The predicted octanol–water partition coefficient (Wildman–Crippen LogP) is 3.38. The monoisotopic (exact) mass is 312 g/mol. The van der Waals surface area contributed by atoms with Crippen LogP contribution in [0.3, 0.4) is 0 Å². The van der Waals surface area contributed by atoms with Gasteiger partial charge in [-0.2, -0.15) is 0 Å². The first-order chi connectivity index (χ1) is 11.1. The molecule has 0 bridgehead atoms. The summed E-state index contributed by atoms with van der Waals surface area (Å²) in [6, 6.07) is 7.76. The highest BCUT2D eigenvalue weighted by Crippen LogP contribution is 2.35. The molecule has 1 heterocycles. The van der Waals surface area contributed by atoms with Gasteiger partial charge in [-0.05, 0) is 37.3 Å². The van der Waals surface area contributed by atoms with E-state index in [4.69, 9.17) is 0 Å². The molecule has 2 aliphatic rings. The zero-order valence-electron chi connectivity index (χ0n) is 13.9. The van der Waals surface area contributed by atoms with Crippen LogP contribution in [0.5, 0.6) is 0 Å². The SMILES string of the molecule is CC(=O)N1C[C@H](C)CN(C(=O)[C@@H]2CC=CCC2)c2ccccc21. The molecule has 4 nitrogen and oxygen atoms in total. The lowest BCUT2D eigenvalue weighted by Crippen LogP contribution is -2.39. The molecule has 0 radical (unpaired) electrons. The molecule has 122 valence electrons. The molecule has 0 unspecified atom stereocenters. The Labute approximate surface area is 137 Å². The number of carbonyl (C=O) groups is 2. The molecule has 0 saturated heterocycles. The summed E-state index contributed by atoms with van der Waals surface area (Å²) in [5.74, 6) is 0.525. The van der Waals surface area contributed by atoms with Gasteiger partial charge in [0, 0.05) is 25.9 Å². The molecular weight excluding hydrogens is 288 g/mol. The summed E-state index contributed by atoms with van der Waals surface area (Å²) in [4.78, 5) is 28.8. The summed E-state index contributed by atoms with van der Waals surface area (Å²) in [6.07, 6.45) is 6.98. The number of nitrogens with zero attached hydrogens (tertiary/aromatic N) is 2. The Morgan fingerprint density at radius 3 is 2.30 bits per heavy atom. The normalized spacial score (nSPS) is 24.1. The standard InChI is InChI=1S/C19H24N2O2/c1-14-12-20(15(2)22)17-10-6-7-11-18(17)21(13-14)19(23)16-8-4-3-5-9-16/h3-4,6-7,10-11,14,16H,5,8-9,12-13H2,1-2H3/t14-,16+/m0/s1. The number of carbonyl (C=O) groups excluding carboxylic acids is 2. The van der Waals surface area contributed by atoms with Gasteiger partial charge in [-0.3, -0.25) is 9.59 Å². The average Bonchev–Trinajstić information content (AvgIpc) is 2.72. The Morgan fingerprint density at radius 2 is 1.70 bits per heavy atom. The van der Waals surface area contributed by atoms with E-state index < -0.39 is 0 Å². The Balaban J connectivity index is 1.98. The molecule has 4 heteroatoms. The van der Waals surface area contributed by atoms with Crippen LogP contribution in [0.2, 0.25) is 0 Å². The molecule has 0 spiro atoms. The van der Waals surface area contributed by atoms with Crippen molar-refractivity contribution < 1.29 is 9.59 Å². The summed E-state index contributed by atoms with van der Waals surface area (Å²) in [7, 11) is 0. The maximum absolute atomic E-state index is 13.1. The number of fused-ring (bicyclic) bond motifs is 1. The highest BCUT2D eigenvalue weighted by Gasteiger charge is 2.32. The van der Waals surface area contributed by atoms with Crippen LogP contribution in [0.15, 0.2) is 36.4 Å². The number of hydrogen-bond acceptors (Lipinski definition) is 2. The molecule has 3 rings (SSSR count). The first kappa shape index (κ1) is 15.8. The van der Waals surface area contributed by atoms with Gasteiger partial charge in [-0.1, -0.05) is 31.2 Å². The first-order valence-electron chi connectivity index (χ1n) is 8.41. The van der Waals surface area contributed by atoms with E-state index in [1.54, 1.807) is 11.8 Å². The van der Waals surface area contributed by atoms with Crippen molar-refractivity contribution in [2.75, 3.05) is 22.9 Å². The van der Waals surface area contributed by atoms with Crippen molar-refractivity contribution in [2.45, 2.75) is 33.1 Å². The lowest BCUT2D eigenvalue weighted by atomic mass is 9.92.